The Kier molecular flexibility index (Phi) is 21.7. The Morgan fingerprint density at radius 1 is 0.706 bits per heavy atom. The molecule has 0 fully saturated rings. The highest BCUT2D eigenvalue weighted by Gasteiger charge is 2.05. The second-order valence-electron chi connectivity index (χ2n) is 7.00. The van der Waals surface area contributed by atoms with Crippen LogP contribution >= 0.6 is 54.5 Å². The maximum atomic E-state index is 5.57. The third-order valence-corrected chi connectivity index (χ3v) is 7.08. The van der Waals surface area contributed by atoms with Gasteiger partial charge in [0.2, 0.25) is 0 Å². The summed E-state index contributed by atoms with van der Waals surface area (Å²) in [6, 6.07) is 3.90. The van der Waals surface area contributed by atoms with Crippen molar-refractivity contribution in [3.63, 3.8) is 0 Å². The van der Waals surface area contributed by atoms with E-state index in [2.05, 4.69) is 45.7 Å². The molecular formula is C24H38Br2O6S2. The first-order valence-electron chi connectivity index (χ1n) is 11.7. The monoisotopic (exact) mass is 644 g/mol. The predicted molar refractivity (Wildman–Crippen MR) is 148 cm³/mol. The number of unbranched alkanes of at least 4 members (excludes halogenated alkanes) is 2. The fourth-order valence-corrected chi connectivity index (χ4v) is 5.55. The van der Waals surface area contributed by atoms with Crippen LogP contribution in [0.25, 0.3) is 0 Å². The van der Waals surface area contributed by atoms with Crippen LogP contribution in [-0.4, -0.2) is 66.1 Å². The summed E-state index contributed by atoms with van der Waals surface area (Å²) in [5.41, 5.74) is 0. The van der Waals surface area contributed by atoms with E-state index in [4.69, 9.17) is 28.4 Å². The largest absolute Gasteiger partial charge is 0.490 e. The molecule has 0 aliphatic carbocycles. The molecule has 0 aliphatic rings. The van der Waals surface area contributed by atoms with Gasteiger partial charge in [-0.3, -0.25) is 0 Å². The van der Waals surface area contributed by atoms with Crippen molar-refractivity contribution in [2.24, 2.45) is 0 Å². The van der Waals surface area contributed by atoms with E-state index in [1.807, 2.05) is 22.9 Å². The summed E-state index contributed by atoms with van der Waals surface area (Å²) in [5, 5.41) is 3.98. The van der Waals surface area contributed by atoms with E-state index in [0.29, 0.717) is 52.9 Å². The summed E-state index contributed by atoms with van der Waals surface area (Å²) in [6.45, 7) is 10.9. The van der Waals surface area contributed by atoms with E-state index >= 15 is 0 Å². The van der Waals surface area contributed by atoms with Crippen molar-refractivity contribution in [1.82, 2.24) is 0 Å². The zero-order valence-electron chi connectivity index (χ0n) is 20.2. The minimum absolute atomic E-state index is 0.552. The summed E-state index contributed by atoms with van der Waals surface area (Å²) in [7, 11) is 0. The number of rotatable bonds is 20. The lowest BCUT2D eigenvalue weighted by atomic mass is 10.4. The van der Waals surface area contributed by atoms with Gasteiger partial charge in [0.15, 0.2) is 0 Å². The van der Waals surface area contributed by atoms with Crippen LogP contribution in [0.1, 0.15) is 39.5 Å². The van der Waals surface area contributed by atoms with Crippen LogP contribution in [-0.2, 0) is 18.9 Å². The molecule has 0 aromatic carbocycles. The molecule has 10 heteroatoms. The number of halogens is 2. The summed E-state index contributed by atoms with van der Waals surface area (Å²) in [4.78, 5) is 0. The van der Waals surface area contributed by atoms with Crippen LogP contribution in [0.4, 0.5) is 0 Å². The minimum atomic E-state index is 0.552. The van der Waals surface area contributed by atoms with Crippen molar-refractivity contribution >= 4 is 54.5 Å². The van der Waals surface area contributed by atoms with E-state index in [9.17, 15) is 0 Å². The maximum absolute atomic E-state index is 5.57. The van der Waals surface area contributed by atoms with Crippen LogP contribution in [0.2, 0.25) is 0 Å². The minimum Gasteiger partial charge on any atom is -0.490 e. The number of ether oxygens (including phenoxy) is 6. The van der Waals surface area contributed by atoms with Gasteiger partial charge in [-0.1, -0.05) is 26.7 Å². The second-order valence-corrected chi connectivity index (χ2v) is 11.5. The van der Waals surface area contributed by atoms with Crippen molar-refractivity contribution in [2.45, 2.75) is 39.5 Å². The lowest BCUT2D eigenvalue weighted by Gasteiger charge is -2.06. The summed E-state index contributed by atoms with van der Waals surface area (Å²) in [6.07, 6.45) is 4.58. The van der Waals surface area contributed by atoms with Crippen LogP contribution in [0.3, 0.4) is 0 Å². The third kappa shape index (κ3) is 18.1. The van der Waals surface area contributed by atoms with Gasteiger partial charge in [-0.25, -0.2) is 0 Å². The molecule has 0 N–H and O–H groups in total. The Bertz CT molecular complexity index is 685. The zero-order chi connectivity index (χ0) is 24.7. The molecule has 196 valence electrons. The number of thiophene rings is 2. The number of hydrogen-bond donors (Lipinski definition) is 0. The molecular weight excluding hydrogens is 608 g/mol. The van der Waals surface area contributed by atoms with E-state index < -0.39 is 0 Å². The molecule has 0 aliphatic heterocycles. The first-order chi connectivity index (χ1) is 16.7. The van der Waals surface area contributed by atoms with Crippen LogP contribution in [0.15, 0.2) is 30.5 Å². The molecule has 0 spiro atoms. The van der Waals surface area contributed by atoms with Gasteiger partial charge in [0.1, 0.15) is 28.5 Å². The summed E-state index contributed by atoms with van der Waals surface area (Å²) < 4.78 is 34.6. The van der Waals surface area contributed by atoms with Crippen LogP contribution < -0.4 is 9.47 Å². The van der Waals surface area contributed by atoms with Gasteiger partial charge in [0.25, 0.3) is 0 Å². The van der Waals surface area contributed by atoms with E-state index in [1.54, 1.807) is 22.7 Å². The first kappa shape index (κ1) is 31.8. The smallest absolute Gasteiger partial charge is 0.145 e. The highest BCUT2D eigenvalue weighted by atomic mass is 79.9. The van der Waals surface area contributed by atoms with Crippen molar-refractivity contribution in [3.8, 4) is 11.5 Å². The second kappa shape index (κ2) is 23.2. The topological polar surface area (TPSA) is 55.4 Å². The maximum Gasteiger partial charge on any atom is 0.145 e. The first-order valence-corrected chi connectivity index (χ1v) is 15.1. The standard InChI is InChI=1S/C12H18Br2O3S.C12H20O3S/c1-2-3-4-15-5-6-16-7-8-17-10-9-11(13)18-12(10)14;1-2-3-5-13-6-7-14-8-9-15-12-4-10-16-11-12/h9H,2-8H2,1H3;4,10-11H,2-3,5-9H2,1H3. The van der Waals surface area contributed by atoms with E-state index in [1.165, 1.54) is 12.8 Å². The van der Waals surface area contributed by atoms with Crippen molar-refractivity contribution in [3.05, 3.63) is 30.5 Å². The molecule has 0 radical (unpaired) electrons. The van der Waals surface area contributed by atoms with Gasteiger partial charge in [-0.05, 0) is 56.1 Å². The highest BCUT2D eigenvalue weighted by molar-refractivity contribution is 9.12. The molecule has 2 aromatic rings. The van der Waals surface area contributed by atoms with Gasteiger partial charge in [0, 0.05) is 24.7 Å². The Balaban J connectivity index is 0.000000342. The molecule has 2 heterocycles. The lowest BCUT2D eigenvalue weighted by molar-refractivity contribution is 0.0355. The van der Waals surface area contributed by atoms with Crippen molar-refractivity contribution in [2.75, 3.05) is 66.1 Å². The van der Waals surface area contributed by atoms with Crippen LogP contribution in [0, 0.1) is 0 Å². The van der Waals surface area contributed by atoms with Gasteiger partial charge >= 0.3 is 0 Å². The van der Waals surface area contributed by atoms with E-state index in [-0.39, 0.29) is 0 Å². The quantitative estimate of drug-likeness (QED) is 0.140. The molecule has 0 saturated carbocycles. The van der Waals surface area contributed by atoms with Gasteiger partial charge < -0.3 is 28.4 Å². The van der Waals surface area contributed by atoms with E-state index in [0.717, 1.165) is 45.1 Å². The number of hydrogen-bond acceptors (Lipinski definition) is 8. The van der Waals surface area contributed by atoms with Crippen LogP contribution in [0.5, 0.6) is 11.5 Å². The normalized spacial score (nSPS) is 10.7. The molecule has 6 nitrogen and oxygen atoms in total. The molecule has 2 rings (SSSR count). The van der Waals surface area contributed by atoms with Crippen molar-refractivity contribution in [1.29, 1.82) is 0 Å². The molecule has 0 saturated heterocycles. The molecule has 0 atom stereocenters. The highest BCUT2D eigenvalue weighted by Crippen LogP contribution is 2.37. The molecule has 34 heavy (non-hydrogen) atoms. The lowest BCUT2D eigenvalue weighted by Crippen LogP contribution is -2.11. The van der Waals surface area contributed by atoms with Gasteiger partial charge in [0.05, 0.1) is 43.4 Å². The Hall–Kier alpha value is -0.200. The Labute approximate surface area is 229 Å². The summed E-state index contributed by atoms with van der Waals surface area (Å²) >= 11 is 10.1. The molecule has 0 amide bonds. The fraction of sp³-hybridized carbons (Fsp3) is 0.667. The average Bonchev–Trinajstić information content (AvgIpc) is 3.46. The van der Waals surface area contributed by atoms with Gasteiger partial charge in [-0.15, -0.1) is 22.7 Å². The predicted octanol–water partition coefficient (Wildman–Crippen LogP) is 7.45. The SMILES string of the molecule is CCCCOCCOCCOc1cc(Br)sc1Br.CCCCOCCOCCOc1ccsc1. The zero-order valence-corrected chi connectivity index (χ0v) is 25.0. The molecule has 0 bridgehead atoms. The third-order valence-electron chi connectivity index (χ3n) is 4.13. The Morgan fingerprint density at radius 3 is 1.71 bits per heavy atom. The summed E-state index contributed by atoms with van der Waals surface area (Å²) in [5.74, 6) is 1.78. The average molecular weight is 647 g/mol. The fourth-order valence-electron chi connectivity index (χ4n) is 2.32. The molecule has 2 aromatic heterocycles. The Morgan fingerprint density at radius 2 is 1.24 bits per heavy atom. The molecule has 0 unspecified atom stereocenters. The van der Waals surface area contributed by atoms with Crippen molar-refractivity contribution < 1.29 is 28.4 Å². The van der Waals surface area contributed by atoms with Gasteiger partial charge in [-0.2, -0.15) is 0 Å².